The summed E-state index contributed by atoms with van der Waals surface area (Å²) < 4.78 is 19.0. The van der Waals surface area contributed by atoms with Gasteiger partial charge in [0.05, 0.1) is 18.4 Å². The highest BCUT2D eigenvalue weighted by molar-refractivity contribution is 8.15. The number of halogens is 1. The number of amides is 3. The lowest BCUT2D eigenvalue weighted by Gasteiger charge is -2.17. The van der Waals surface area contributed by atoms with Crippen LogP contribution in [0.25, 0.3) is 0 Å². The van der Waals surface area contributed by atoms with Crippen LogP contribution in [0.2, 0.25) is 0 Å². The Bertz CT molecular complexity index is 1620. The van der Waals surface area contributed by atoms with Crippen molar-refractivity contribution in [1.82, 2.24) is 15.2 Å². The predicted octanol–water partition coefficient (Wildman–Crippen LogP) is 5.98. The second-order valence-electron chi connectivity index (χ2n) is 9.70. The molecule has 1 aromatic heterocycles. The van der Waals surface area contributed by atoms with Crippen molar-refractivity contribution in [1.29, 1.82) is 0 Å². The number of benzene rings is 3. The molecule has 5 rings (SSSR count). The fourth-order valence-corrected chi connectivity index (χ4v) is 5.42. The van der Waals surface area contributed by atoms with Crippen LogP contribution in [0.5, 0.6) is 0 Å². The number of amidine groups is 1. The summed E-state index contributed by atoms with van der Waals surface area (Å²) in [4.78, 5) is 48.7. The number of nitrogens with zero attached hydrogens (tertiary/aromatic N) is 3. The summed E-state index contributed by atoms with van der Waals surface area (Å²) >= 11 is 1.29. The topological polar surface area (TPSA) is 113 Å². The summed E-state index contributed by atoms with van der Waals surface area (Å²) in [5, 5.41) is 5.16. The number of anilines is 1. The normalized spacial score (nSPS) is 16.1. The lowest BCUT2D eigenvalue weighted by atomic mass is 10.1. The maximum absolute atomic E-state index is 13.9. The minimum Gasteiger partial charge on any atom is -0.445 e. The van der Waals surface area contributed by atoms with Crippen LogP contribution in [0.15, 0.2) is 108 Å². The second kappa shape index (κ2) is 13.8. The number of aromatic nitrogens is 1. The Hall–Kier alpha value is -5.03. The summed E-state index contributed by atoms with van der Waals surface area (Å²) in [7, 11) is 0. The molecule has 0 spiro atoms. The van der Waals surface area contributed by atoms with E-state index in [1.165, 1.54) is 28.8 Å². The van der Waals surface area contributed by atoms with Crippen LogP contribution < -0.4 is 10.6 Å². The zero-order chi connectivity index (χ0) is 30.2. The highest BCUT2D eigenvalue weighted by Crippen LogP contribution is 2.41. The Kier molecular flexibility index (Phi) is 9.42. The standard InChI is InChI=1S/C32H28FN5O4S/c1-21(35-32(41)42-20-22-7-3-2-4-8-22)29(39)36-26-14-12-24(13-15-26)28-30(40)38(19-23-9-5-10-25(33)17-23)31(43-28)37-27-11-6-16-34-18-27/h2-18,21,28H,19-20H2,1H3,(H,35,41)(H,36,39)/b37-31-/t21-,28?/m0/s1. The number of carbonyl (C=O) groups excluding carboxylic acids is 3. The van der Waals surface area contributed by atoms with Gasteiger partial charge in [0.25, 0.3) is 0 Å². The molecule has 1 fully saturated rings. The molecular formula is C32H28FN5O4S. The van der Waals surface area contributed by atoms with Gasteiger partial charge in [-0.15, -0.1) is 0 Å². The molecule has 218 valence electrons. The van der Waals surface area contributed by atoms with Crippen LogP contribution in [-0.2, 0) is 27.5 Å². The van der Waals surface area contributed by atoms with Gasteiger partial charge < -0.3 is 15.4 Å². The quantitative estimate of drug-likeness (QED) is 0.246. The lowest BCUT2D eigenvalue weighted by molar-refractivity contribution is -0.126. The molecule has 1 aliphatic heterocycles. The molecule has 11 heteroatoms. The summed E-state index contributed by atoms with van der Waals surface area (Å²) in [6, 6.07) is 24.9. The van der Waals surface area contributed by atoms with E-state index in [1.807, 2.05) is 30.3 Å². The summed E-state index contributed by atoms with van der Waals surface area (Å²) in [5.41, 5.74) is 3.27. The number of pyridine rings is 1. The van der Waals surface area contributed by atoms with Gasteiger partial charge in [0.1, 0.15) is 23.7 Å². The zero-order valence-corrected chi connectivity index (χ0v) is 24.0. The van der Waals surface area contributed by atoms with Gasteiger partial charge in [-0.1, -0.05) is 66.4 Å². The number of carbonyl (C=O) groups is 3. The molecular weight excluding hydrogens is 569 g/mol. The van der Waals surface area contributed by atoms with Crippen molar-refractivity contribution in [3.63, 3.8) is 0 Å². The third kappa shape index (κ3) is 7.83. The second-order valence-corrected chi connectivity index (χ2v) is 10.8. The van der Waals surface area contributed by atoms with Crippen LogP contribution in [0.3, 0.4) is 0 Å². The molecule has 43 heavy (non-hydrogen) atoms. The smallest absolute Gasteiger partial charge is 0.408 e. The SMILES string of the molecule is C[C@H](NC(=O)OCc1ccccc1)C(=O)Nc1ccc(C2S/C(=N\c3cccnc3)N(Cc3cccc(F)c3)C2=O)cc1. The van der Waals surface area contributed by atoms with Gasteiger partial charge in [-0.25, -0.2) is 14.2 Å². The fraction of sp³-hybridized carbons (Fsp3) is 0.156. The third-order valence-corrected chi connectivity index (χ3v) is 7.70. The number of thioether (sulfide) groups is 1. The number of alkyl carbamates (subject to hydrolysis) is 1. The average Bonchev–Trinajstić information content (AvgIpc) is 3.31. The van der Waals surface area contributed by atoms with Gasteiger partial charge in [-0.05, 0) is 60.0 Å². The third-order valence-electron chi connectivity index (χ3n) is 6.47. The molecule has 9 nitrogen and oxygen atoms in total. The van der Waals surface area contributed by atoms with Crippen LogP contribution >= 0.6 is 11.8 Å². The highest BCUT2D eigenvalue weighted by atomic mass is 32.2. The van der Waals surface area contributed by atoms with E-state index >= 15 is 0 Å². The Labute approximate surface area is 252 Å². The zero-order valence-electron chi connectivity index (χ0n) is 23.1. The summed E-state index contributed by atoms with van der Waals surface area (Å²) in [6.07, 6.45) is 2.53. The van der Waals surface area contributed by atoms with Gasteiger partial charge in [0, 0.05) is 11.9 Å². The maximum atomic E-state index is 13.9. The van der Waals surface area contributed by atoms with Crippen molar-refractivity contribution >= 4 is 46.2 Å². The van der Waals surface area contributed by atoms with Crippen LogP contribution in [0, 0.1) is 5.82 Å². The first-order chi connectivity index (χ1) is 20.9. The average molecular weight is 598 g/mol. The fourth-order valence-electron chi connectivity index (χ4n) is 4.25. The molecule has 0 aliphatic carbocycles. The van der Waals surface area contributed by atoms with Crippen LogP contribution in [-0.4, -0.2) is 39.0 Å². The van der Waals surface area contributed by atoms with Gasteiger partial charge in [0.15, 0.2) is 5.17 Å². The van der Waals surface area contributed by atoms with E-state index in [2.05, 4.69) is 20.6 Å². The number of aliphatic imine (C=N–C) groups is 1. The van der Waals surface area contributed by atoms with Crippen LogP contribution in [0.4, 0.5) is 20.6 Å². The molecule has 0 saturated carbocycles. The molecule has 0 radical (unpaired) electrons. The maximum Gasteiger partial charge on any atom is 0.408 e. The number of hydrogen-bond donors (Lipinski definition) is 2. The Morgan fingerprint density at radius 2 is 1.79 bits per heavy atom. The van der Waals surface area contributed by atoms with Gasteiger partial charge >= 0.3 is 6.09 Å². The van der Waals surface area contributed by atoms with Crippen molar-refractivity contribution in [2.24, 2.45) is 4.99 Å². The van der Waals surface area contributed by atoms with Crippen molar-refractivity contribution < 1.29 is 23.5 Å². The number of rotatable bonds is 9. The largest absolute Gasteiger partial charge is 0.445 e. The Morgan fingerprint density at radius 3 is 2.51 bits per heavy atom. The Morgan fingerprint density at radius 1 is 1.02 bits per heavy atom. The minimum atomic E-state index is -0.849. The molecule has 2 N–H and O–H groups in total. The van der Waals surface area contributed by atoms with Crippen molar-refractivity contribution in [2.45, 2.75) is 31.4 Å². The van der Waals surface area contributed by atoms with Crippen molar-refractivity contribution in [3.05, 3.63) is 126 Å². The van der Waals surface area contributed by atoms with Crippen molar-refractivity contribution in [3.8, 4) is 0 Å². The minimum absolute atomic E-state index is 0.0920. The molecule has 1 aliphatic rings. The predicted molar refractivity (Wildman–Crippen MR) is 163 cm³/mol. The monoisotopic (exact) mass is 597 g/mol. The molecule has 4 aromatic rings. The van der Waals surface area contributed by atoms with E-state index in [9.17, 15) is 18.8 Å². The first-order valence-corrected chi connectivity index (χ1v) is 14.3. The summed E-state index contributed by atoms with van der Waals surface area (Å²) in [6.45, 7) is 1.80. The molecule has 1 unspecified atom stereocenters. The highest BCUT2D eigenvalue weighted by Gasteiger charge is 2.39. The molecule has 3 aromatic carbocycles. The van der Waals surface area contributed by atoms with Crippen molar-refractivity contribution in [2.75, 3.05) is 5.32 Å². The van der Waals surface area contributed by atoms with E-state index in [0.717, 1.165) is 5.56 Å². The van der Waals surface area contributed by atoms with E-state index < -0.39 is 23.3 Å². The number of nitrogens with one attached hydrogen (secondary N) is 2. The molecule has 1 saturated heterocycles. The van der Waals surface area contributed by atoms with Gasteiger partial charge in [-0.2, -0.15) is 0 Å². The van der Waals surface area contributed by atoms with E-state index in [-0.39, 0.29) is 24.9 Å². The van der Waals surface area contributed by atoms with E-state index in [1.54, 1.807) is 67.8 Å². The van der Waals surface area contributed by atoms with Gasteiger partial charge in [-0.3, -0.25) is 19.5 Å². The molecule has 2 heterocycles. The van der Waals surface area contributed by atoms with E-state index in [0.29, 0.717) is 27.7 Å². The number of ether oxygens (including phenoxy) is 1. The lowest BCUT2D eigenvalue weighted by Crippen LogP contribution is -2.41. The van der Waals surface area contributed by atoms with Gasteiger partial charge in [0.2, 0.25) is 11.8 Å². The Balaban J connectivity index is 1.23. The van der Waals surface area contributed by atoms with Crippen LogP contribution in [0.1, 0.15) is 28.9 Å². The number of hydrogen-bond acceptors (Lipinski definition) is 7. The van der Waals surface area contributed by atoms with E-state index in [4.69, 9.17) is 4.74 Å². The first-order valence-electron chi connectivity index (χ1n) is 13.4. The molecule has 0 bridgehead atoms. The molecule has 2 atom stereocenters. The summed E-state index contributed by atoms with van der Waals surface area (Å²) in [5.74, 6) is -1.01. The molecule has 3 amide bonds. The first kappa shape index (κ1) is 29.5.